The van der Waals surface area contributed by atoms with Crippen molar-refractivity contribution in [3.63, 3.8) is 0 Å². The number of piperidine rings is 1. The van der Waals surface area contributed by atoms with Gasteiger partial charge >= 0.3 is 5.97 Å². The summed E-state index contributed by atoms with van der Waals surface area (Å²) in [4.78, 5) is 39.5. The van der Waals surface area contributed by atoms with E-state index in [0.29, 0.717) is 0 Å². The average Bonchev–Trinajstić information content (AvgIpc) is 2.84. The number of sulfonamides is 1. The summed E-state index contributed by atoms with van der Waals surface area (Å²) in [6.45, 7) is 1.59. The molecule has 1 atom stereocenters. The molecular weight excluding hydrogens is 468 g/mol. The van der Waals surface area contributed by atoms with Gasteiger partial charge in [0.25, 0.3) is 11.6 Å². The number of hydrogen-bond acceptors (Lipinski definition) is 9. The summed E-state index contributed by atoms with van der Waals surface area (Å²) >= 11 is 0. The Kier molecular flexibility index (Phi) is 7.79. The number of hydrogen-bond donors (Lipinski definition) is 1. The molecule has 1 saturated heterocycles. The van der Waals surface area contributed by atoms with E-state index < -0.39 is 38.8 Å². The molecule has 1 aliphatic heterocycles. The zero-order valence-corrected chi connectivity index (χ0v) is 19.4. The van der Waals surface area contributed by atoms with Crippen LogP contribution in [0, 0.1) is 16.0 Å². The Labute approximate surface area is 196 Å². The van der Waals surface area contributed by atoms with Gasteiger partial charge in [-0.15, -0.1) is 0 Å². The Morgan fingerprint density at radius 3 is 2.56 bits per heavy atom. The molecule has 1 unspecified atom stereocenters. The van der Waals surface area contributed by atoms with Gasteiger partial charge < -0.3 is 14.8 Å². The number of anilines is 1. The van der Waals surface area contributed by atoms with Crippen LogP contribution in [0.2, 0.25) is 0 Å². The molecule has 1 aromatic carbocycles. The third-order valence-corrected chi connectivity index (χ3v) is 7.26. The number of carbonyl (C=O) groups is 2. The molecule has 182 valence electrons. The van der Waals surface area contributed by atoms with Crippen molar-refractivity contribution in [1.29, 1.82) is 0 Å². The van der Waals surface area contributed by atoms with Gasteiger partial charge in [-0.3, -0.25) is 24.7 Å². The number of pyridine rings is 1. The number of nitro groups is 1. The Morgan fingerprint density at radius 2 is 1.97 bits per heavy atom. The quantitative estimate of drug-likeness (QED) is 0.330. The lowest BCUT2D eigenvalue weighted by Crippen LogP contribution is -2.41. The number of aromatic nitrogens is 1. The second-order valence-corrected chi connectivity index (χ2v) is 9.51. The highest BCUT2D eigenvalue weighted by atomic mass is 32.2. The lowest BCUT2D eigenvalue weighted by atomic mass is 9.98. The molecule has 34 heavy (non-hydrogen) atoms. The fourth-order valence-corrected chi connectivity index (χ4v) is 4.87. The van der Waals surface area contributed by atoms with Crippen LogP contribution >= 0.6 is 0 Å². The fraction of sp³-hybridized carbons (Fsp3) is 0.381. The van der Waals surface area contributed by atoms with E-state index in [1.807, 2.05) is 0 Å². The minimum atomic E-state index is -3.71. The maximum Gasteiger partial charge on any atom is 0.309 e. The van der Waals surface area contributed by atoms with Crippen LogP contribution in [0.15, 0.2) is 47.6 Å². The highest BCUT2D eigenvalue weighted by Crippen LogP contribution is 2.29. The summed E-state index contributed by atoms with van der Waals surface area (Å²) in [5, 5.41) is 13.7. The van der Waals surface area contributed by atoms with Gasteiger partial charge in [-0.05, 0) is 44.0 Å². The SMILES string of the molecule is COc1ccc(NC(=O)C(C)OC(=O)C2CCN(S(=O)(=O)c3cccnc3)CC2)c([N+](=O)[O-])c1. The molecule has 1 fully saturated rings. The van der Waals surface area contributed by atoms with Gasteiger partial charge in [-0.25, -0.2) is 8.42 Å². The van der Waals surface area contributed by atoms with Crippen LogP contribution < -0.4 is 10.1 Å². The third-order valence-electron chi connectivity index (χ3n) is 5.38. The van der Waals surface area contributed by atoms with Crippen molar-refractivity contribution in [3.8, 4) is 5.75 Å². The molecule has 1 aliphatic rings. The van der Waals surface area contributed by atoms with Crippen LogP contribution in [0.25, 0.3) is 0 Å². The molecule has 0 spiro atoms. The lowest BCUT2D eigenvalue weighted by Gasteiger charge is -2.30. The smallest absolute Gasteiger partial charge is 0.309 e. The van der Waals surface area contributed by atoms with E-state index in [1.165, 1.54) is 61.1 Å². The second kappa shape index (κ2) is 10.6. The maximum absolute atomic E-state index is 12.7. The molecule has 0 radical (unpaired) electrons. The number of esters is 1. The summed E-state index contributed by atoms with van der Waals surface area (Å²) in [7, 11) is -2.35. The van der Waals surface area contributed by atoms with Gasteiger partial charge in [-0.1, -0.05) is 0 Å². The van der Waals surface area contributed by atoms with Gasteiger partial charge in [0, 0.05) is 25.5 Å². The Balaban J connectivity index is 1.56. The first-order valence-corrected chi connectivity index (χ1v) is 11.8. The largest absolute Gasteiger partial charge is 0.496 e. The topological polar surface area (TPSA) is 158 Å². The lowest BCUT2D eigenvalue weighted by molar-refractivity contribution is -0.384. The minimum Gasteiger partial charge on any atom is -0.496 e. The number of rotatable bonds is 8. The Hall–Kier alpha value is -3.58. The molecule has 3 rings (SSSR count). The van der Waals surface area contributed by atoms with Crippen LogP contribution in [-0.2, 0) is 24.3 Å². The standard InChI is InChI=1S/C21H24N4O8S/c1-14(20(26)23-18-6-5-16(32-2)12-19(18)25(28)29)33-21(27)15-7-10-24(11-8-15)34(30,31)17-4-3-9-22-13-17/h3-6,9,12-15H,7-8,10-11H2,1-2H3,(H,23,26). The molecule has 13 heteroatoms. The highest BCUT2D eigenvalue weighted by molar-refractivity contribution is 7.89. The van der Waals surface area contributed by atoms with Crippen molar-refractivity contribution < 1.29 is 32.4 Å². The van der Waals surface area contributed by atoms with E-state index in [-0.39, 0.29) is 48.0 Å². The monoisotopic (exact) mass is 492 g/mol. The summed E-state index contributed by atoms with van der Waals surface area (Å²) in [5.41, 5.74) is -0.430. The normalized spacial score (nSPS) is 15.8. The van der Waals surface area contributed by atoms with Crippen LogP contribution in [0.4, 0.5) is 11.4 Å². The van der Waals surface area contributed by atoms with Crippen LogP contribution in [0.3, 0.4) is 0 Å². The summed E-state index contributed by atoms with van der Waals surface area (Å²) in [6.07, 6.45) is 1.99. The van der Waals surface area contributed by atoms with Crippen molar-refractivity contribution in [2.24, 2.45) is 5.92 Å². The Morgan fingerprint density at radius 1 is 1.26 bits per heavy atom. The first-order valence-electron chi connectivity index (χ1n) is 10.4. The molecule has 12 nitrogen and oxygen atoms in total. The van der Waals surface area contributed by atoms with Crippen LogP contribution in [0.1, 0.15) is 19.8 Å². The predicted molar refractivity (Wildman–Crippen MR) is 120 cm³/mol. The molecule has 2 heterocycles. The zero-order chi connectivity index (χ0) is 24.9. The zero-order valence-electron chi connectivity index (χ0n) is 18.5. The van der Waals surface area contributed by atoms with Crippen molar-refractivity contribution >= 4 is 33.3 Å². The summed E-state index contributed by atoms with van der Waals surface area (Å²) < 4.78 is 36.9. The number of carbonyl (C=O) groups excluding carboxylic acids is 2. The number of nitro benzene ring substituents is 1. The molecule has 0 saturated carbocycles. The molecule has 0 aliphatic carbocycles. The van der Waals surface area contributed by atoms with Crippen molar-refractivity contribution in [2.45, 2.75) is 30.8 Å². The van der Waals surface area contributed by atoms with E-state index >= 15 is 0 Å². The third kappa shape index (κ3) is 5.66. The van der Waals surface area contributed by atoms with Gasteiger partial charge in [0.1, 0.15) is 16.3 Å². The van der Waals surface area contributed by atoms with Gasteiger partial charge in [0.2, 0.25) is 10.0 Å². The molecular formula is C21H24N4O8S. The minimum absolute atomic E-state index is 0.0624. The maximum atomic E-state index is 12.7. The van der Waals surface area contributed by atoms with Gasteiger partial charge in [0.05, 0.1) is 24.0 Å². The number of amides is 1. The van der Waals surface area contributed by atoms with E-state index in [1.54, 1.807) is 0 Å². The van der Waals surface area contributed by atoms with Crippen molar-refractivity contribution in [1.82, 2.24) is 9.29 Å². The summed E-state index contributed by atoms with van der Waals surface area (Å²) in [5.74, 6) is -1.70. The second-order valence-electron chi connectivity index (χ2n) is 7.58. The van der Waals surface area contributed by atoms with Gasteiger partial charge in [-0.2, -0.15) is 4.31 Å². The predicted octanol–water partition coefficient (Wildman–Crippen LogP) is 1.97. The van der Waals surface area contributed by atoms with E-state index in [0.717, 1.165) is 0 Å². The number of methoxy groups -OCH3 is 1. The average molecular weight is 493 g/mol. The number of ether oxygens (including phenoxy) is 2. The van der Waals surface area contributed by atoms with Crippen molar-refractivity contribution in [2.75, 3.05) is 25.5 Å². The molecule has 1 aromatic heterocycles. The van der Waals surface area contributed by atoms with E-state index in [9.17, 15) is 28.1 Å². The highest BCUT2D eigenvalue weighted by Gasteiger charge is 2.34. The van der Waals surface area contributed by atoms with E-state index in [2.05, 4.69) is 10.3 Å². The number of benzene rings is 1. The summed E-state index contributed by atoms with van der Waals surface area (Å²) in [6, 6.07) is 6.92. The van der Waals surface area contributed by atoms with Gasteiger partial charge in [0.15, 0.2) is 6.10 Å². The van der Waals surface area contributed by atoms with Crippen molar-refractivity contribution in [3.05, 3.63) is 52.8 Å². The van der Waals surface area contributed by atoms with E-state index in [4.69, 9.17) is 9.47 Å². The fourth-order valence-electron chi connectivity index (χ4n) is 3.43. The Bertz CT molecular complexity index is 1160. The number of nitrogens with one attached hydrogen (secondary N) is 1. The molecule has 1 N–H and O–H groups in total. The first kappa shape index (κ1) is 25.1. The molecule has 0 bridgehead atoms. The molecule has 1 amide bonds. The van der Waals surface area contributed by atoms with Crippen LogP contribution in [0.5, 0.6) is 5.75 Å². The van der Waals surface area contributed by atoms with Crippen LogP contribution in [-0.4, -0.2) is 60.8 Å². The first-order chi connectivity index (χ1) is 16.1. The molecule has 2 aromatic rings. The number of nitrogens with zero attached hydrogens (tertiary/aromatic N) is 3.